The van der Waals surface area contributed by atoms with Crippen LogP contribution >= 0.6 is 7.92 Å². The van der Waals surface area contributed by atoms with Crippen LogP contribution in [0.5, 0.6) is 0 Å². The van der Waals surface area contributed by atoms with Gasteiger partial charge in [0, 0.05) is 17.6 Å². The second-order valence-corrected chi connectivity index (χ2v) is 14.3. The van der Waals surface area contributed by atoms with E-state index >= 15 is 0 Å². The van der Waals surface area contributed by atoms with Crippen molar-refractivity contribution in [3.63, 3.8) is 0 Å². The van der Waals surface area contributed by atoms with Gasteiger partial charge in [0.1, 0.15) is 0 Å². The second-order valence-electron chi connectivity index (χ2n) is 5.94. The fourth-order valence-corrected chi connectivity index (χ4v) is 7.03. The molecule has 0 amide bonds. The zero-order valence-electron chi connectivity index (χ0n) is 13.1. The van der Waals surface area contributed by atoms with Gasteiger partial charge in [0.25, 0.3) is 0 Å². The number of hydrogen-bond acceptors (Lipinski definition) is 0. The van der Waals surface area contributed by atoms with Crippen molar-refractivity contribution in [2.24, 2.45) is 0 Å². The van der Waals surface area contributed by atoms with Crippen molar-refractivity contribution in [2.45, 2.75) is 51.1 Å². The Kier molecular flexibility index (Phi) is 8.93. The third-order valence-corrected chi connectivity index (χ3v) is 8.78. The summed E-state index contributed by atoms with van der Waals surface area (Å²) in [5, 5.41) is 1.64. The maximum atomic E-state index is 2.44. The van der Waals surface area contributed by atoms with Gasteiger partial charge in [-0.05, 0) is 17.6 Å². The average molecular weight is 309 g/mol. The van der Waals surface area contributed by atoms with E-state index in [0.717, 1.165) is 0 Å². The Bertz CT molecular complexity index is 311. The first-order valence-electron chi connectivity index (χ1n) is 7.47. The monoisotopic (exact) mass is 308 g/mol. The van der Waals surface area contributed by atoms with Crippen LogP contribution < -0.4 is 5.30 Å². The van der Waals surface area contributed by atoms with Crippen LogP contribution in [-0.4, -0.2) is 29.9 Å². The number of benzene rings is 1. The standard InChI is InChI=1S/C16H29PSi2/c1-18(2)14-8-12-17(13-9-15-19(3)4)16-10-6-5-7-11-16/h5-7,10-11H,8-9,12-15H2,1-4H3. The molecule has 0 aliphatic carbocycles. The van der Waals surface area contributed by atoms with E-state index in [1.54, 1.807) is 5.30 Å². The van der Waals surface area contributed by atoms with Crippen LogP contribution in [0.4, 0.5) is 0 Å². The predicted molar refractivity (Wildman–Crippen MR) is 96.5 cm³/mol. The van der Waals surface area contributed by atoms with Gasteiger partial charge in [0.05, 0.1) is 0 Å². The molecular formula is C16H29PSi2. The first-order valence-corrected chi connectivity index (χ1v) is 14.6. The van der Waals surface area contributed by atoms with Crippen LogP contribution in [0.3, 0.4) is 0 Å². The number of hydrogen-bond donors (Lipinski definition) is 0. The molecule has 19 heavy (non-hydrogen) atoms. The van der Waals surface area contributed by atoms with Crippen LogP contribution in [0.2, 0.25) is 38.3 Å². The van der Waals surface area contributed by atoms with Crippen molar-refractivity contribution in [3.05, 3.63) is 30.3 Å². The Balaban J connectivity index is 2.48. The highest BCUT2D eigenvalue weighted by atomic mass is 31.1. The van der Waals surface area contributed by atoms with E-state index in [9.17, 15) is 0 Å². The molecular weight excluding hydrogens is 279 g/mol. The molecule has 1 aromatic rings. The lowest BCUT2D eigenvalue weighted by Gasteiger charge is -2.19. The molecule has 0 bridgehead atoms. The Labute approximate surface area is 125 Å². The summed E-state index contributed by atoms with van der Waals surface area (Å²) < 4.78 is 0. The zero-order valence-corrected chi connectivity index (χ0v) is 16.0. The molecule has 1 rings (SSSR count). The molecule has 0 aliphatic rings. The molecule has 0 spiro atoms. The minimum atomic E-state index is -0.0296. The molecule has 0 saturated heterocycles. The van der Waals surface area contributed by atoms with Gasteiger partial charge in [-0.1, -0.05) is 89.4 Å². The minimum Gasteiger partial charge on any atom is -0.0753 e. The zero-order chi connectivity index (χ0) is 14.1. The predicted octanol–water partition coefficient (Wildman–Crippen LogP) is 5.08. The molecule has 2 radical (unpaired) electrons. The molecule has 3 heteroatoms. The first-order chi connectivity index (χ1) is 9.09. The molecule has 0 heterocycles. The van der Waals surface area contributed by atoms with Crippen molar-refractivity contribution in [3.8, 4) is 0 Å². The van der Waals surface area contributed by atoms with E-state index in [2.05, 4.69) is 56.5 Å². The van der Waals surface area contributed by atoms with Crippen molar-refractivity contribution < 1.29 is 0 Å². The van der Waals surface area contributed by atoms with E-state index < -0.39 is 0 Å². The van der Waals surface area contributed by atoms with E-state index in [1.165, 1.54) is 37.3 Å². The van der Waals surface area contributed by atoms with Gasteiger partial charge in [-0.25, -0.2) is 0 Å². The van der Waals surface area contributed by atoms with Crippen LogP contribution in [0.15, 0.2) is 30.3 Å². The lowest BCUT2D eigenvalue weighted by atomic mass is 10.4. The summed E-state index contributed by atoms with van der Waals surface area (Å²) in [7, 11) is 0.0564. The van der Waals surface area contributed by atoms with Crippen molar-refractivity contribution >= 4 is 30.8 Å². The minimum absolute atomic E-state index is 0.0296. The van der Waals surface area contributed by atoms with Gasteiger partial charge in [0.2, 0.25) is 0 Å². The van der Waals surface area contributed by atoms with Crippen molar-refractivity contribution in [1.29, 1.82) is 0 Å². The van der Waals surface area contributed by atoms with E-state index in [1.807, 2.05) is 0 Å². The summed E-state index contributed by atoms with van der Waals surface area (Å²) in [6, 6.07) is 14.3. The smallest absolute Gasteiger partial charge is 0.0413 e. The lowest BCUT2D eigenvalue weighted by Crippen LogP contribution is -2.09. The van der Waals surface area contributed by atoms with Gasteiger partial charge in [-0.2, -0.15) is 0 Å². The van der Waals surface area contributed by atoms with Gasteiger partial charge in [-0.15, -0.1) is 0 Å². The largest absolute Gasteiger partial charge is 0.0753 e. The molecule has 0 saturated carbocycles. The maximum Gasteiger partial charge on any atom is 0.0413 e. The molecule has 1 aromatic carbocycles. The molecule has 0 N–H and O–H groups in total. The fourth-order valence-electron chi connectivity index (χ4n) is 2.26. The Morgan fingerprint density at radius 2 is 1.26 bits per heavy atom. The van der Waals surface area contributed by atoms with Crippen LogP contribution in [-0.2, 0) is 0 Å². The summed E-state index contributed by atoms with van der Waals surface area (Å²) in [5.41, 5.74) is 0. The number of rotatable bonds is 9. The molecule has 0 unspecified atom stereocenters. The lowest BCUT2D eigenvalue weighted by molar-refractivity contribution is 1.04. The molecule has 0 atom stereocenters. The normalized spacial score (nSPS) is 11.7. The highest BCUT2D eigenvalue weighted by Gasteiger charge is 2.11. The third kappa shape index (κ3) is 8.07. The van der Waals surface area contributed by atoms with Crippen LogP contribution in [0.1, 0.15) is 12.8 Å². The molecule has 0 aromatic heterocycles. The molecule has 0 aliphatic heterocycles. The summed E-state index contributed by atoms with van der Waals surface area (Å²) in [4.78, 5) is 0. The van der Waals surface area contributed by atoms with Crippen molar-refractivity contribution in [2.75, 3.05) is 12.3 Å². The van der Waals surface area contributed by atoms with Crippen molar-refractivity contribution in [1.82, 2.24) is 0 Å². The van der Waals surface area contributed by atoms with E-state index in [0.29, 0.717) is 0 Å². The molecule has 106 valence electrons. The van der Waals surface area contributed by atoms with Crippen LogP contribution in [0.25, 0.3) is 0 Å². The first kappa shape index (κ1) is 17.1. The highest BCUT2D eigenvalue weighted by Crippen LogP contribution is 2.37. The molecule has 0 fully saturated rings. The third-order valence-electron chi connectivity index (χ3n) is 3.33. The highest BCUT2D eigenvalue weighted by molar-refractivity contribution is 7.65. The quantitative estimate of drug-likeness (QED) is 0.441. The summed E-state index contributed by atoms with van der Waals surface area (Å²) in [6.45, 7) is 9.77. The Hall–Kier alpha value is 0.0838. The molecule has 0 nitrogen and oxygen atoms in total. The van der Waals surface area contributed by atoms with E-state index in [4.69, 9.17) is 0 Å². The Morgan fingerprint density at radius 1 is 0.789 bits per heavy atom. The van der Waals surface area contributed by atoms with Gasteiger partial charge in [0.15, 0.2) is 0 Å². The van der Waals surface area contributed by atoms with Gasteiger partial charge >= 0.3 is 0 Å². The summed E-state index contributed by atoms with van der Waals surface area (Å²) in [6.07, 6.45) is 5.84. The summed E-state index contributed by atoms with van der Waals surface area (Å²) >= 11 is 0. The topological polar surface area (TPSA) is 0 Å². The van der Waals surface area contributed by atoms with Gasteiger partial charge in [-0.3, -0.25) is 0 Å². The van der Waals surface area contributed by atoms with Gasteiger partial charge < -0.3 is 0 Å². The Morgan fingerprint density at radius 3 is 1.68 bits per heavy atom. The fraction of sp³-hybridized carbons (Fsp3) is 0.625. The second kappa shape index (κ2) is 9.90. The maximum absolute atomic E-state index is 2.44. The van der Waals surface area contributed by atoms with E-state index in [-0.39, 0.29) is 25.5 Å². The SMILES string of the molecule is C[Si](C)CCCP(CCC[Si](C)C)c1ccccc1. The average Bonchev–Trinajstić information content (AvgIpc) is 2.37. The van der Waals surface area contributed by atoms with Crippen LogP contribution in [0, 0.1) is 0 Å². The summed E-state index contributed by atoms with van der Waals surface area (Å²) in [5.74, 6) is 0.